The summed E-state index contributed by atoms with van der Waals surface area (Å²) in [5.74, 6) is 1.39. The van der Waals surface area contributed by atoms with Crippen LogP contribution in [0.2, 0.25) is 0 Å². The van der Waals surface area contributed by atoms with Gasteiger partial charge in [0.1, 0.15) is 12.1 Å². The second kappa shape index (κ2) is 5.26. The molecule has 2 heterocycles. The van der Waals surface area contributed by atoms with Gasteiger partial charge in [-0.3, -0.25) is 0 Å². The van der Waals surface area contributed by atoms with Crippen molar-refractivity contribution in [2.75, 3.05) is 29.5 Å². The molecular formula is C15H19N3O2S. The Kier molecular flexibility index (Phi) is 3.57. The largest absolute Gasteiger partial charge is 0.355 e. The van der Waals surface area contributed by atoms with Gasteiger partial charge in [-0.2, -0.15) is 0 Å². The van der Waals surface area contributed by atoms with E-state index < -0.39 is 9.84 Å². The first-order chi connectivity index (χ1) is 9.94. The molecule has 21 heavy (non-hydrogen) atoms. The summed E-state index contributed by atoms with van der Waals surface area (Å²) in [7, 11) is -2.96. The molecule has 0 amide bonds. The maximum atomic E-state index is 11.9. The van der Waals surface area contributed by atoms with E-state index in [0.717, 1.165) is 22.3 Å². The first-order valence-electron chi connectivity index (χ1n) is 7.11. The highest BCUT2D eigenvalue weighted by molar-refractivity contribution is 7.91. The molecule has 2 aromatic rings. The number of benzene rings is 1. The van der Waals surface area contributed by atoms with Crippen LogP contribution in [0.25, 0.3) is 10.9 Å². The van der Waals surface area contributed by atoms with Crippen LogP contribution in [0.3, 0.4) is 0 Å². The molecule has 1 saturated heterocycles. The maximum Gasteiger partial charge on any atom is 0.152 e. The molecule has 6 heteroatoms. The lowest BCUT2D eigenvalue weighted by molar-refractivity contribution is 0.581. The highest BCUT2D eigenvalue weighted by Gasteiger charge is 2.25. The first kappa shape index (κ1) is 14.3. The van der Waals surface area contributed by atoms with Crippen molar-refractivity contribution in [1.29, 1.82) is 0 Å². The van der Waals surface area contributed by atoms with Gasteiger partial charge >= 0.3 is 0 Å². The van der Waals surface area contributed by atoms with Crippen LogP contribution in [-0.4, -0.2) is 43.0 Å². The lowest BCUT2D eigenvalue weighted by Crippen LogP contribution is -2.30. The molecule has 1 aliphatic rings. The molecule has 0 saturated carbocycles. The van der Waals surface area contributed by atoms with Gasteiger partial charge in [-0.15, -0.1) is 0 Å². The molecule has 0 bridgehead atoms. The van der Waals surface area contributed by atoms with E-state index in [1.54, 1.807) is 6.33 Å². The lowest BCUT2D eigenvalue weighted by Gasteiger charge is -2.24. The average molecular weight is 305 g/mol. The second-order valence-electron chi connectivity index (χ2n) is 5.88. The van der Waals surface area contributed by atoms with Crippen molar-refractivity contribution in [3.63, 3.8) is 0 Å². The molecular weight excluding hydrogens is 286 g/mol. The van der Waals surface area contributed by atoms with Crippen molar-refractivity contribution in [2.24, 2.45) is 5.92 Å². The molecule has 1 atom stereocenters. The minimum absolute atomic E-state index is 0.104. The van der Waals surface area contributed by atoms with Crippen molar-refractivity contribution < 1.29 is 8.42 Å². The van der Waals surface area contributed by atoms with E-state index in [1.165, 1.54) is 0 Å². The Morgan fingerprint density at radius 1 is 1.29 bits per heavy atom. The van der Waals surface area contributed by atoms with Gasteiger partial charge in [0.15, 0.2) is 9.84 Å². The molecule has 3 rings (SSSR count). The van der Waals surface area contributed by atoms with Gasteiger partial charge in [0.25, 0.3) is 0 Å². The summed E-state index contributed by atoms with van der Waals surface area (Å²) in [6.07, 6.45) is 1.55. The summed E-state index contributed by atoms with van der Waals surface area (Å²) in [6, 6.07) is 6.07. The van der Waals surface area contributed by atoms with E-state index in [4.69, 9.17) is 0 Å². The molecule has 1 fully saturated rings. The summed E-state index contributed by atoms with van der Waals surface area (Å²) in [6.45, 7) is 5.21. The van der Waals surface area contributed by atoms with Crippen LogP contribution < -0.4 is 4.90 Å². The number of sulfone groups is 1. The van der Waals surface area contributed by atoms with Crippen molar-refractivity contribution in [1.82, 2.24) is 9.97 Å². The number of rotatable bonds is 1. The van der Waals surface area contributed by atoms with E-state index in [-0.39, 0.29) is 17.4 Å². The van der Waals surface area contributed by atoms with Crippen LogP contribution in [0.15, 0.2) is 24.5 Å². The molecule has 5 nitrogen and oxygen atoms in total. The molecule has 1 aromatic heterocycles. The fourth-order valence-corrected chi connectivity index (χ4v) is 4.53. The first-order valence-corrected chi connectivity index (χ1v) is 8.93. The number of hydrogen-bond acceptors (Lipinski definition) is 5. The molecule has 0 unspecified atom stereocenters. The predicted molar refractivity (Wildman–Crippen MR) is 84.3 cm³/mol. The Labute approximate surface area is 124 Å². The highest BCUT2D eigenvalue weighted by atomic mass is 32.2. The van der Waals surface area contributed by atoms with Gasteiger partial charge < -0.3 is 4.90 Å². The quantitative estimate of drug-likeness (QED) is 0.804. The maximum absolute atomic E-state index is 11.9. The molecule has 1 aromatic carbocycles. The third-order valence-corrected chi connectivity index (χ3v) is 5.69. The monoisotopic (exact) mass is 305 g/mol. The van der Waals surface area contributed by atoms with Crippen molar-refractivity contribution in [3.05, 3.63) is 30.1 Å². The van der Waals surface area contributed by atoms with E-state index in [9.17, 15) is 8.42 Å². The number of hydrogen-bond donors (Lipinski definition) is 0. The van der Waals surface area contributed by atoms with Crippen LogP contribution in [-0.2, 0) is 9.84 Å². The number of aromatic nitrogens is 2. The smallest absolute Gasteiger partial charge is 0.152 e. The van der Waals surface area contributed by atoms with Gasteiger partial charge in [0.05, 0.1) is 17.0 Å². The predicted octanol–water partition coefficient (Wildman–Crippen LogP) is 1.81. The Morgan fingerprint density at radius 2 is 2.10 bits per heavy atom. The van der Waals surface area contributed by atoms with Crippen molar-refractivity contribution >= 4 is 26.6 Å². The summed E-state index contributed by atoms with van der Waals surface area (Å²) in [5, 5.41) is 0.990. The number of nitrogens with zero attached hydrogens (tertiary/aromatic N) is 3. The third-order valence-electron chi connectivity index (χ3n) is 3.81. The summed E-state index contributed by atoms with van der Waals surface area (Å²) in [4.78, 5) is 10.8. The van der Waals surface area contributed by atoms with Gasteiger partial charge in [-0.05, 0) is 25.0 Å². The Morgan fingerprint density at radius 3 is 2.90 bits per heavy atom. The van der Waals surface area contributed by atoms with Crippen LogP contribution in [0.1, 0.15) is 12.5 Å². The molecule has 0 spiro atoms. The topological polar surface area (TPSA) is 63.2 Å². The summed E-state index contributed by atoms with van der Waals surface area (Å²) >= 11 is 0. The van der Waals surface area contributed by atoms with Gasteiger partial charge in [0, 0.05) is 18.5 Å². The Bertz CT molecular complexity index is 774. The van der Waals surface area contributed by atoms with Crippen LogP contribution >= 0.6 is 0 Å². The number of anilines is 1. The Hall–Kier alpha value is -1.69. The van der Waals surface area contributed by atoms with Gasteiger partial charge in [0.2, 0.25) is 0 Å². The van der Waals surface area contributed by atoms with E-state index in [0.29, 0.717) is 13.1 Å². The summed E-state index contributed by atoms with van der Waals surface area (Å²) in [5.41, 5.74) is 2.04. The Balaban J connectivity index is 2.05. The zero-order valence-corrected chi connectivity index (χ0v) is 13.1. The average Bonchev–Trinajstić information content (AvgIpc) is 2.55. The minimum Gasteiger partial charge on any atom is -0.355 e. The fourth-order valence-electron chi connectivity index (χ4n) is 2.89. The number of fused-ring (bicyclic) bond motifs is 1. The fraction of sp³-hybridized carbons (Fsp3) is 0.467. The molecule has 0 aliphatic carbocycles. The summed E-state index contributed by atoms with van der Waals surface area (Å²) < 4.78 is 23.8. The molecule has 112 valence electrons. The van der Waals surface area contributed by atoms with Gasteiger partial charge in [-0.25, -0.2) is 18.4 Å². The third kappa shape index (κ3) is 3.00. The molecule has 0 radical (unpaired) electrons. The number of aryl methyl sites for hydroxylation is 1. The van der Waals surface area contributed by atoms with Crippen LogP contribution in [0, 0.1) is 12.8 Å². The van der Waals surface area contributed by atoms with Crippen molar-refractivity contribution in [3.8, 4) is 0 Å². The van der Waals surface area contributed by atoms with Crippen molar-refractivity contribution in [2.45, 2.75) is 13.8 Å². The molecule has 1 aliphatic heterocycles. The molecule has 0 N–H and O–H groups in total. The normalized spacial score (nSPS) is 22.2. The highest BCUT2D eigenvalue weighted by Crippen LogP contribution is 2.26. The van der Waals surface area contributed by atoms with E-state index in [1.807, 2.05) is 26.0 Å². The van der Waals surface area contributed by atoms with E-state index in [2.05, 4.69) is 20.9 Å². The standard InChI is InChI=1S/C15H19N3O2S/c1-11-3-4-14-13(7-11)15(17-10-16-14)18-5-6-21(19,20)9-12(2)8-18/h3-4,7,10,12H,5-6,8-9H2,1-2H3/t12-/m0/s1. The van der Waals surface area contributed by atoms with Crippen LogP contribution in [0.4, 0.5) is 5.82 Å². The van der Waals surface area contributed by atoms with E-state index >= 15 is 0 Å². The minimum atomic E-state index is -2.96. The van der Waals surface area contributed by atoms with Crippen LogP contribution in [0.5, 0.6) is 0 Å². The van der Waals surface area contributed by atoms with Gasteiger partial charge in [-0.1, -0.05) is 18.6 Å². The zero-order chi connectivity index (χ0) is 15.0. The lowest BCUT2D eigenvalue weighted by atomic mass is 10.1. The zero-order valence-electron chi connectivity index (χ0n) is 12.3. The SMILES string of the molecule is Cc1ccc2ncnc(N3CCS(=O)(=O)C[C@@H](C)C3)c2c1. The second-order valence-corrected chi connectivity index (χ2v) is 8.11.